The van der Waals surface area contributed by atoms with Crippen LogP contribution in [0.5, 0.6) is 5.75 Å². The highest BCUT2D eigenvalue weighted by atomic mass is 127. The molecule has 2 atom stereocenters. The Hall–Kier alpha value is -1.51. The van der Waals surface area contributed by atoms with Crippen molar-refractivity contribution in [3.8, 4) is 5.75 Å². The average molecular weight is 460 g/mol. The number of hydrogen-bond donors (Lipinski definition) is 2. The summed E-state index contributed by atoms with van der Waals surface area (Å²) in [7, 11) is 3.43. The van der Waals surface area contributed by atoms with Crippen molar-refractivity contribution >= 4 is 35.8 Å². The van der Waals surface area contributed by atoms with Gasteiger partial charge in [-0.3, -0.25) is 4.79 Å². The van der Waals surface area contributed by atoms with Crippen LogP contribution in [0, 0.1) is 5.92 Å². The summed E-state index contributed by atoms with van der Waals surface area (Å²) in [5.41, 5.74) is 1.05. The molecule has 1 fully saturated rings. The Kier molecular flexibility index (Phi) is 9.02. The number of ether oxygens (including phenoxy) is 1. The second-order valence-electron chi connectivity index (χ2n) is 6.38. The molecule has 6 nitrogen and oxygen atoms in total. The Labute approximate surface area is 167 Å². The van der Waals surface area contributed by atoms with Crippen molar-refractivity contribution in [2.45, 2.75) is 32.9 Å². The summed E-state index contributed by atoms with van der Waals surface area (Å²) in [5.74, 6) is 2.20. The number of rotatable bonds is 7. The summed E-state index contributed by atoms with van der Waals surface area (Å²) in [4.78, 5) is 17.7. The van der Waals surface area contributed by atoms with Gasteiger partial charge in [-0.15, -0.1) is 24.0 Å². The molecule has 0 heterocycles. The number of nitrogens with zero attached hydrogens (tertiary/aromatic N) is 2. The third kappa shape index (κ3) is 7.50. The smallest absolute Gasteiger partial charge is 0.259 e. The van der Waals surface area contributed by atoms with Gasteiger partial charge in [0.25, 0.3) is 5.91 Å². The minimum atomic E-state index is -0.0596. The molecular weight excluding hydrogens is 431 g/mol. The van der Waals surface area contributed by atoms with Gasteiger partial charge in [-0.05, 0) is 37.0 Å². The quantitative estimate of drug-likeness (QED) is 0.372. The lowest BCUT2D eigenvalue weighted by atomic mass is 10.2. The lowest BCUT2D eigenvalue weighted by molar-refractivity contribution is -0.130. The third-order valence-electron chi connectivity index (χ3n) is 3.96. The molecule has 0 aliphatic heterocycles. The Morgan fingerprint density at radius 1 is 1.40 bits per heavy atom. The van der Waals surface area contributed by atoms with E-state index in [4.69, 9.17) is 4.74 Å². The van der Waals surface area contributed by atoms with Gasteiger partial charge in [0.15, 0.2) is 12.6 Å². The van der Waals surface area contributed by atoms with Crippen molar-refractivity contribution in [3.05, 3.63) is 29.8 Å². The zero-order valence-electron chi connectivity index (χ0n) is 15.4. The van der Waals surface area contributed by atoms with E-state index in [9.17, 15) is 4.79 Å². The molecule has 1 aliphatic carbocycles. The van der Waals surface area contributed by atoms with Gasteiger partial charge in [-0.1, -0.05) is 19.1 Å². The van der Waals surface area contributed by atoms with Gasteiger partial charge in [0, 0.05) is 26.7 Å². The lowest BCUT2D eigenvalue weighted by Gasteiger charge is -2.12. The molecule has 1 saturated carbocycles. The molecule has 0 aromatic heterocycles. The standard InChI is InChI=1S/C18H28N4O2.HI/c1-5-19-18(21-16-9-13(16)2)20-11-14-7-6-8-15(10-14)24-12-17(23)22(3)4;/h6-8,10,13,16H,5,9,11-12H2,1-4H3,(H2,19,20,21);1H. The van der Waals surface area contributed by atoms with E-state index in [-0.39, 0.29) is 36.5 Å². The zero-order chi connectivity index (χ0) is 17.5. The average Bonchev–Trinajstić information content (AvgIpc) is 3.25. The van der Waals surface area contributed by atoms with Crippen LogP contribution in [0.3, 0.4) is 0 Å². The van der Waals surface area contributed by atoms with E-state index in [2.05, 4.69) is 29.5 Å². The molecule has 1 aromatic rings. The minimum absolute atomic E-state index is 0. The largest absolute Gasteiger partial charge is 0.484 e. The molecule has 2 unspecified atom stereocenters. The fourth-order valence-electron chi connectivity index (χ4n) is 2.20. The minimum Gasteiger partial charge on any atom is -0.484 e. The van der Waals surface area contributed by atoms with E-state index in [0.717, 1.165) is 24.0 Å². The van der Waals surface area contributed by atoms with E-state index in [0.29, 0.717) is 18.3 Å². The van der Waals surface area contributed by atoms with Gasteiger partial charge in [-0.25, -0.2) is 4.99 Å². The lowest BCUT2D eigenvalue weighted by Crippen LogP contribution is -2.39. The van der Waals surface area contributed by atoms with Gasteiger partial charge >= 0.3 is 0 Å². The highest BCUT2D eigenvalue weighted by Gasteiger charge is 2.33. The molecule has 25 heavy (non-hydrogen) atoms. The van der Waals surface area contributed by atoms with Crippen molar-refractivity contribution in [2.75, 3.05) is 27.2 Å². The van der Waals surface area contributed by atoms with Gasteiger partial charge in [0.05, 0.1) is 6.54 Å². The Morgan fingerprint density at radius 2 is 2.12 bits per heavy atom. The number of hydrogen-bond acceptors (Lipinski definition) is 3. The maximum absolute atomic E-state index is 11.6. The Balaban J connectivity index is 0.00000312. The van der Waals surface area contributed by atoms with E-state index >= 15 is 0 Å². The summed E-state index contributed by atoms with van der Waals surface area (Å²) in [6, 6.07) is 8.24. The summed E-state index contributed by atoms with van der Waals surface area (Å²) in [6.07, 6.45) is 1.20. The summed E-state index contributed by atoms with van der Waals surface area (Å²) in [5, 5.41) is 6.71. The number of halogens is 1. The Morgan fingerprint density at radius 3 is 2.72 bits per heavy atom. The second-order valence-corrected chi connectivity index (χ2v) is 6.38. The number of carbonyl (C=O) groups excluding carboxylic acids is 1. The van der Waals surface area contributed by atoms with Crippen LogP contribution in [0.1, 0.15) is 25.8 Å². The first kappa shape index (κ1) is 21.5. The number of aliphatic imine (C=N–C) groups is 1. The number of amides is 1. The number of benzene rings is 1. The van der Waals surface area contributed by atoms with Crippen LogP contribution in [0.4, 0.5) is 0 Å². The maximum atomic E-state index is 11.6. The van der Waals surface area contributed by atoms with Crippen molar-refractivity contribution in [2.24, 2.45) is 10.9 Å². The van der Waals surface area contributed by atoms with Gasteiger partial charge in [-0.2, -0.15) is 0 Å². The van der Waals surface area contributed by atoms with Crippen LogP contribution in [0.25, 0.3) is 0 Å². The molecule has 0 spiro atoms. The number of nitrogens with one attached hydrogen (secondary N) is 2. The van der Waals surface area contributed by atoms with Crippen LogP contribution >= 0.6 is 24.0 Å². The first-order valence-electron chi connectivity index (χ1n) is 8.46. The van der Waals surface area contributed by atoms with Crippen molar-refractivity contribution < 1.29 is 9.53 Å². The first-order chi connectivity index (χ1) is 11.5. The number of carbonyl (C=O) groups is 1. The predicted molar refractivity (Wildman–Crippen MR) is 112 cm³/mol. The SMILES string of the molecule is CCNC(=NCc1cccc(OCC(=O)N(C)C)c1)NC1CC1C.I. The summed E-state index contributed by atoms with van der Waals surface area (Å²) in [6.45, 7) is 5.74. The normalized spacial score (nSPS) is 18.8. The molecule has 0 bridgehead atoms. The predicted octanol–water partition coefficient (Wildman–Crippen LogP) is 2.24. The van der Waals surface area contributed by atoms with Crippen molar-refractivity contribution in [1.29, 1.82) is 0 Å². The molecule has 0 saturated heterocycles. The van der Waals surface area contributed by atoms with Crippen LogP contribution in [-0.2, 0) is 11.3 Å². The fourth-order valence-corrected chi connectivity index (χ4v) is 2.20. The molecule has 0 radical (unpaired) electrons. The molecule has 140 valence electrons. The van der Waals surface area contributed by atoms with Gasteiger partial charge in [0.2, 0.25) is 0 Å². The van der Waals surface area contributed by atoms with E-state index in [1.807, 2.05) is 24.3 Å². The van der Waals surface area contributed by atoms with Crippen LogP contribution in [0.15, 0.2) is 29.3 Å². The fraction of sp³-hybridized carbons (Fsp3) is 0.556. The van der Waals surface area contributed by atoms with Crippen molar-refractivity contribution in [1.82, 2.24) is 15.5 Å². The number of guanidine groups is 1. The molecule has 7 heteroatoms. The van der Waals surface area contributed by atoms with E-state index < -0.39 is 0 Å². The molecule has 1 aromatic carbocycles. The highest BCUT2D eigenvalue weighted by molar-refractivity contribution is 14.0. The van der Waals surface area contributed by atoms with Gasteiger partial charge < -0.3 is 20.3 Å². The van der Waals surface area contributed by atoms with Crippen molar-refractivity contribution in [3.63, 3.8) is 0 Å². The number of likely N-dealkylation sites (N-methyl/N-ethyl adjacent to an activating group) is 1. The molecular formula is C18H29IN4O2. The summed E-state index contributed by atoms with van der Waals surface area (Å²) < 4.78 is 5.54. The molecule has 1 aliphatic rings. The van der Waals surface area contributed by atoms with E-state index in [1.165, 1.54) is 11.3 Å². The van der Waals surface area contributed by atoms with E-state index in [1.54, 1.807) is 14.1 Å². The molecule has 2 N–H and O–H groups in total. The monoisotopic (exact) mass is 460 g/mol. The Bertz CT molecular complexity index is 592. The first-order valence-corrected chi connectivity index (χ1v) is 8.46. The van der Waals surface area contributed by atoms with Crippen LogP contribution < -0.4 is 15.4 Å². The highest BCUT2D eigenvalue weighted by Crippen LogP contribution is 2.28. The summed E-state index contributed by atoms with van der Waals surface area (Å²) >= 11 is 0. The topological polar surface area (TPSA) is 66.0 Å². The second kappa shape index (κ2) is 10.5. The molecule has 2 rings (SSSR count). The van der Waals surface area contributed by atoms with Crippen LogP contribution in [0.2, 0.25) is 0 Å². The third-order valence-corrected chi connectivity index (χ3v) is 3.96. The zero-order valence-corrected chi connectivity index (χ0v) is 17.7. The van der Waals surface area contributed by atoms with Gasteiger partial charge in [0.1, 0.15) is 5.75 Å². The maximum Gasteiger partial charge on any atom is 0.259 e. The van der Waals surface area contributed by atoms with Crippen LogP contribution in [-0.4, -0.2) is 50.1 Å². The molecule has 1 amide bonds.